The van der Waals surface area contributed by atoms with Gasteiger partial charge in [0, 0.05) is 27.3 Å². The van der Waals surface area contributed by atoms with Gasteiger partial charge < -0.3 is 10.2 Å². The summed E-state index contributed by atoms with van der Waals surface area (Å²) in [6.45, 7) is 0. The highest BCUT2D eigenvalue weighted by atomic mass is 16.2. The van der Waals surface area contributed by atoms with Crippen LogP contribution in [0.2, 0.25) is 0 Å². The number of hydrogen-bond donors (Lipinski definition) is 1. The van der Waals surface area contributed by atoms with Gasteiger partial charge in [0.15, 0.2) is 0 Å². The fourth-order valence-electron chi connectivity index (χ4n) is 0.926. The number of anilines is 1. The number of carbonyl (C=O) groups excluding carboxylic acids is 1. The fourth-order valence-corrected chi connectivity index (χ4v) is 0.926. The Morgan fingerprint density at radius 2 is 2.15 bits per heavy atom. The van der Waals surface area contributed by atoms with Crippen LogP contribution in [0.25, 0.3) is 0 Å². The highest BCUT2D eigenvalue weighted by molar-refractivity contribution is 5.93. The molecule has 1 rings (SSSR count). The first-order valence-electron chi connectivity index (χ1n) is 4.00. The molecule has 1 heterocycles. The summed E-state index contributed by atoms with van der Waals surface area (Å²) in [5, 5.41) is 2.89. The molecule has 0 saturated carbocycles. The Morgan fingerprint density at radius 1 is 1.46 bits per heavy atom. The lowest BCUT2D eigenvalue weighted by Gasteiger charge is -2.09. The minimum absolute atomic E-state index is 0.0323. The molecule has 70 valence electrons. The van der Waals surface area contributed by atoms with Gasteiger partial charge in [0.1, 0.15) is 5.82 Å². The molecule has 0 atom stereocenters. The number of aromatic nitrogens is 1. The molecule has 0 fully saturated rings. The third-order valence-electron chi connectivity index (χ3n) is 1.67. The van der Waals surface area contributed by atoms with Crippen molar-refractivity contribution in [2.45, 2.75) is 0 Å². The second kappa shape index (κ2) is 3.89. The highest BCUT2D eigenvalue weighted by Gasteiger charge is 2.07. The summed E-state index contributed by atoms with van der Waals surface area (Å²) in [5.41, 5.74) is 0.601. The first-order chi connectivity index (χ1) is 6.15. The summed E-state index contributed by atoms with van der Waals surface area (Å²) >= 11 is 0. The first kappa shape index (κ1) is 9.51. The van der Waals surface area contributed by atoms with E-state index in [-0.39, 0.29) is 5.91 Å². The SMILES string of the molecule is CNc1ccc(C(=O)N(C)C)cn1. The average Bonchev–Trinajstić information content (AvgIpc) is 2.17. The minimum Gasteiger partial charge on any atom is -0.373 e. The van der Waals surface area contributed by atoms with Gasteiger partial charge in [-0.1, -0.05) is 0 Å². The van der Waals surface area contributed by atoms with Gasteiger partial charge in [-0.2, -0.15) is 0 Å². The maximum atomic E-state index is 11.4. The highest BCUT2D eigenvalue weighted by Crippen LogP contribution is 2.05. The summed E-state index contributed by atoms with van der Waals surface area (Å²) < 4.78 is 0. The zero-order valence-corrected chi connectivity index (χ0v) is 8.03. The number of hydrogen-bond acceptors (Lipinski definition) is 3. The van der Waals surface area contributed by atoms with Crippen LogP contribution >= 0.6 is 0 Å². The maximum absolute atomic E-state index is 11.4. The van der Waals surface area contributed by atoms with Crippen LogP contribution in [0.5, 0.6) is 0 Å². The van der Waals surface area contributed by atoms with Crippen LogP contribution in [0.4, 0.5) is 5.82 Å². The normalized spacial score (nSPS) is 9.46. The number of pyridine rings is 1. The monoisotopic (exact) mass is 179 g/mol. The molecule has 1 amide bonds. The van der Waals surface area contributed by atoms with Gasteiger partial charge in [-0.25, -0.2) is 4.98 Å². The average molecular weight is 179 g/mol. The lowest BCUT2D eigenvalue weighted by Crippen LogP contribution is -2.21. The van der Waals surface area contributed by atoms with E-state index in [1.807, 2.05) is 0 Å². The molecule has 0 bridgehead atoms. The second-order valence-electron chi connectivity index (χ2n) is 2.88. The van der Waals surface area contributed by atoms with Crippen LogP contribution in [-0.2, 0) is 0 Å². The van der Waals surface area contributed by atoms with Gasteiger partial charge in [0.2, 0.25) is 0 Å². The Labute approximate surface area is 77.6 Å². The van der Waals surface area contributed by atoms with E-state index in [1.165, 1.54) is 4.90 Å². The van der Waals surface area contributed by atoms with Crippen molar-refractivity contribution in [1.29, 1.82) is 0 Å². The third kappa shape index (κ3) is 2.18. The molecule has 0 aliphatic heterocycles. The Balaban J connectivity index is 2.86. The van der Waals surface area contributed by atoms with E-state index in [4.69, 9.17) is 0 Å². The third-order valence-corrected chi connectivity index (χ3v) is 1.67. The molecule has 0 spiro atoms. The molecule has 0 unspecified atom stereocenters. The predicted octanol–water partition coefficient (Wildman–Crippen LogP) is 0.825. The summed E-state index contributed by atoms with van der Waals surface area (Å²) in [5.74, 6) is 0.727. The molecule has 0 aromatic carbocycles. The summed E-state index contributed by atoms with van der Waals surface area (Å²) in [6, 6.07) is 3.53. The van der Waals surface area contributed by atoms with Crippen molar-refractivity contribution in [3.8, 4) is 0 Å². The van der Waals surface area contributed by atoms with Crippen LogP contribution in [-0.4, -0.2) is 36.9 Å². The fraction of sp³-hybridized carbons (Fsp3) is 0.333. The van der Waals surface area contributed by atoms with Crippen LogP contribution in [0, 0.1) is 0 Å². The number of carbonyl (C=O) groups is 1. The summed E-state index contributed by atoms with van der Waals surface area (Å²) in [7, 11) is 5.22. The lowest BCUT2D eigenvalue weighted by atomic mass is 10.2. The second-order valence-corrected chi connectivity index (χ2v) is 2.88. The van der Waals surface area contributed by atoms with E-state index < -0.39 is 0 Å². The van der Waals surface area contributed by atoms with Gasteiger partial charge in [-0.15, -0.1) is 0 Å². The molecule has 0 saturated heterocycles. The van der Waals surface area contributed by atoms with E-state index in [9.17, 15) is 4.79 Å². The van der Waals surface area contributed by atoms with Crippen molar-refractivity contribution in [3.05, 3.63) is 23.9 Å². The van der Waals surface area contributed by atoms with Gasteiger partial charge in [-0.3, -0.25) is 4.79 Å². The van der Waals surface area contributed by atoms with Crippen molar-refractivity contribution < 1.29 is 4.79 Å². The molecule has 0 radical (unpaired) electrons. The molecule has 0 aliphatic rings. The number of amides is 1. The van der Waals surface area contributed by atoms with E-state index >= 15 is 0 Å². The zero-order chi connectivity index (χ0) is 9.84. The first-order valence-corrected chi connectivity index (χ1v) is 4.00. The smallest absolute Gasteiger partial charge is 0.254 e. The van der Waals surface area contributed by atoms with Crippen molar-refractivity contribution in [1.82, 2.24) is 9.88 Å². The zero-order valence-electron chi connectivity index (χ0n) is 8.03. The Hall–Kier alpha value is -1.58. The van der Waals surface area contributed by atoms with E-state index in [0.29, 0.717) is 5.56 Å². The lowest BCUT2D eigenvalue weighted by molar-refractivity contribution is 0.0827. The molecule has 13 heavy (non-hydrogen) atoms. The van der Waals surface area contributed by atoms with Crippen molar-refractivity contribution >= 4 is 11.7 Å². The summed E-state index contributed by atoms with van der Waals surface area (Å²) in [6.07, 6.45) is 1.56. The van der Waals surface area contributed by atoms with Crippen molar-refractivity contribution in [3.63, 3.8) is 0 Å². The quantitative estimate of drug-likeness (QED) is 0.731. The standard InChI is InChI=1S/C9H13N3O/c1-10-8-5-4-7(6-11-8)9(13)12(2)3/h4-6H,1-3H3,(H,10,11). The molecular weight excluding hydrogens is 166 g/mol. The van der Waals surface area contributed by atoms with Crippen LogP contribution < -0.4 is 5.32 Å². The van der Waals surface area contributed by atoms with Crippen LogP contribution in [0.1, 0.15) is 10.4 Å². The van der Waals surface area contributed by atoms with Gasteiger partial charge in [0.05, 0.1) is 5.56 Å². The Morgan fingerprint density at radius 3 is 2.54 bits per heavy atom. The number of rotatable bonds is 2. The molecule has 4 heteroatoms. The molecular formula is C9H13N3O. The molecule has 1 aromatic heterocycles. The van der Waals surface area contributed by atoms with Gasteiger partial charge in [-0.05, 0) is 12.1 Å². The minimum atomic E-state index is -0.0323. The molecule has 1 aromatic rings. The Bertz CT molecular complexity index is 292. The van der Waals surface area contributed by atoms with Crippen molar-refractivity contribution in [2.24, 2.45) is 0 Å². The molecule has 0 aliphatic carbocycles. The number of nitrogens with one attached hydrogen (secondary N) is 1. The summed E-state index contributed by atoms with van der Waals surface area (Å²) in [4.78, 5) is 17.0. The van der Waals surface area contributed by atoms with Crippen LogP contribution in [0.15, 0.2) is 18.3 Å². The predicted molar refractivity (Wildman–Crippen MR) is 51.8 cm³/mol. The Kier molecular flexibility index (Phi) is 2.84. The van der Waals surface area contributed by atoms with E-state index in [1.54, 1.807) is 39.5 Å². The van der Waals surface area contributed by atoms with Crippen molar-refractivity contribution in [2.75, 3.05) is 26.5 Å². The molecule has 4 nitrogen and oxygen atoms in total. The topological polar surface area (TPSA) is 45.2 Å². The van der Waals surface area contributed by atoms with E-state index in [0.717, 1.165) is 5.82 Å². The van der Waals surface area contributed by atoms with Gasteiger partial charge >= 0.3 is 0 Å². The van der Waals surface area contributed by atoms with Gasteiger partial charge in [0.25, 0.3) is 5.91 Å². The van der Waals surface area contributed by atoms with E-state index in [2.05, 4.69) is 10.3 Å². The largest absolute Gasteiger partial charge is 0.373 e. The molecule has 1 N–H and O–H groups in total. The van der Waals surface area contributed by atoms with Crippen LogP contribution in [0.3, 0.4) is 0 Å². The number of nitrogens with zero attached hydrogens (tertiary/aromatic N) is 2. The maximum Gasteiger partial charge on any atom is 0.254 e.